The van der Waals surface area contributed by atoms with Gasteiger partial charge in [0.05, 0.1) is 17.4 Å². The van der Waals surface area contributed by atoms with Gasteiger partial charge in [0.2, 0.25) is 5.95 Å². The van der Waals surface area contributed by atoms with Gasteiger partial charge in [0.1, 0.15) is 5.75 Å². The number of nitrogens with zero attached hydrogens (tertiary/aromatic N) is 2. The van der Waals surface area contributed by atoms with Crippen molar-refractivity contribution in [1.29, 1.82) is 0 Å². The molecule has 0 amide bonds. The molecule has 1 heterocycles. The van der Waals surface area contributed by atoms with Crippen molar-refractivity contribution in [2.24, 2.45) is 0 Å². The van der Waals surface area contributed by atoms with Crippen LogP contribution in [-0.4, -0.2) is 21.2 Å². The fraction of sp³-hybridized carbons (Fsp3) is 0. The van der Waals surface area contributed by atoms with Gasteiger partial charge in [0.15, 0.2) is 6.29 Å². The van der Waals surface area contributed by atoms with Crippen molar-refractivity contribution in [3.8, 4) is 11.4 Å². The van der Waals surface area contributed by atoms with Crippen LogP contribution in [0.5, 0.6) is 5.75 Å². The number of aldehydes is 1. The molecule has 1 aromatic heterocycles. The molecule has 2 rings (SSSR count). The summed E-state index contributed by atoms with van der Waals surface area (Å²) in [4.78, 5) is 10.4. The third kappa shape index (κ3) is 1.59. The Hall–Kier alpha value is -2.17. The number of halogens is 1. The zero-order chi connectivity index (χ0) is 10.8. The van der Waals surface area contributed by atoms with Gasteiger partial charge in [-0.15, -0.1) is 0 Å². The summed E-state index contributed by atoms with van der Waals surface area (Å²) in [5.41, 5.74) is 0.249. The Kier molecular flexibility index (Phi) is 2.21. The van der Waals surface area contributed by atoms with Crippen LogP contribution in [0.15, 0.2) is 30.5 Å². The van der Waals surface area contributed by atoms with Gasteiger partial charge in [-0.05, 0) is 12.1 Å². The summed E-state index contributed by atoms with van der Waals surface area (Å²) in [6.07, 6.45) is 1.52. The van der Waals surface area contributed by atoms with Crippen LogP contribution in [0.2, 0.25) is 0 Å². The van der Waals surface area contributed by atoms with E-state index in [2.05, 4.69) is 5.10 Å². The second-order valence-corrected chi connectivity index (χ2v) is 2.94. The van der Waals surface area contributed by atoms with E-state index in [0.717, 1.165) is 10.9 Å². The number of carbonyl (C=O) groups excluding carboxylic acids is 1. The monoisotopic (exact) mass is 206 g/mol. The van der Waals surface area contributed by atoms with Crippen LogP contribution in [-0.2, 0) is 0 Å². The lowest BCUT2D eigenvalue weighted by molar-refractivity contribution is 0.111. The molecule has 4 nitrogen and oxygen atoms in total. The van der Waals surface area contributed by atoms with Crippen LogP contribution in [0.1, 0.15) is 10.4 Å². The van der Waals surface area contributed by atoms with Gasteiger partial charge in [0, 0.05) is 6.07 Å². The average molecular weight is 206 g/mol. The van der Waals surface area contributed by atoms with Crippen molar-refractivity contribution in [2.75, 3.05) is 0 Å². The highest BCUT2D eigenvalue weighted by atomic mass is 19.1. The molecule has 0 bridgehead atoms. The van der Waals surface area contributed by atoms with Crippen LogP contribution in [0.3, 0.4) is 0 Å². The summed E-state index contributed by atoms with van der Waals surface area (Å²) in [6, 6.07) is 5.95. The van der Waals surface area contributed by atoms with E-state index >= 15 is 0 Å². The van der Waals surface area contributed by atoms with Gasteiger partial charge in [-0.3, -0.25) is 4.79 Å². The highest BCUT2D eigenvalue weighted by molar-refractivity contribution is 5.74. The van der Waals surface area contributed by atoms with Crippen molar-refractivity contribution < 1.29 is 14.3 Å². The maximum absolute atomic E-state index is 13.4. The lowest BCUT2D eigenvalue weighted by Gasteiger charge is -2.01. The van der Waals surface area contributed by atoms with Crippen molar-refractivity contribution in [3.63, 3.8) is 0 Å². The first-order valence-corrected chi connectivity index (χ1v) is 4.20. The molecular weight excluding hydrogens is 199 g/mol. The van der Waals surface area contributed by atoms with Crippen LogP contribution >= 0.6 is 0 Å². The zero-order valence-corrected chi connectivity index (χ0v) is 7.59. The number of hydrogen-bond donors (Lipinski definition) is 1. The minimum atomic E-state index is -0.740. The van der Waals surface area contributed by atoms with Gasteiger partial charge < -0.3 is 5.11 Å². The van der Waals surface area contributed by atoms with E-state index in [-0.39, 0.29) is 11.3 Å². The molecule has 0 saturated heterocycles. The first-order chi connectivity index (χ1) is 7.22. The normalized spacial score (nSPS) is 10.2. The lowest BCUT2D eigenvalue weighted by atomic mass is 10.3. The van der Waals surface area contributed by atoms with Crippen molar-refractivity contribution >= 4 is 6.29 Å². The van der Waals surface area contributed by atoms with Gasteiger partial charge in [-0.1, -0.05) is 6.07 Å². The molecule has 0 fully saturated rings. The summed E-state index contributed by atoms with van der Waals surface area (Å²) in [5, 5.41) is 12.9. The molecule has 0 saturated carbocycles. The number of hydrogen-bond acceptors (Lipinski definition) is 3. The van der Waals surface area contributed by atoms with Gasteiger partial charge in [0.25, 0.3) is 0 Å². The Morgan fingerprint density at radius 1 is 1.47 bits per heavy atom. The number of rotatable bonds is 2. The Morgan fingerprint density at radius 2 is 2.27 bits per heavy atom. The molecule has 0 radical (unpaired) electrons. The SMILES string of the molecule is O=Cc1cnn(-c2cccc(O)c2)c1F. The van der Waals surface area contributed by atoms with E-state index in [1.807, 2.05) is 0 Å². The molecule has 0 atom stereocenters. The van der Waals surface area contributed by atoms with E-state index in [9.17, 15) is 14.3 Å². The number of benzene rings is 1. The molecule has 0 aliphatic rings. The molecule has 0 aliphatic heterocycles. The Labute approximate surface area is 84.6 Å². The second-order valence-electron chi connectivity index (χ2n) is 2.94. The number of aromatic nitrogens is 2. The van der Waals surface area contributed by atoms with E-state index in [4.69, 9.17) is 0 Å². The third-order valence-electron chi connectivity index (χ3n) is 1.94. The van der Waals surface area contributed by atoms with Gasteiger partial charge in [-0.25, -0.2) is 4.68 Å². The third-order valence-corrected chi connectivity index (χ3v) is 1.94. The predicted octanol–water partition coefficient (Wildman–Crippen LogP) is 1.53. The van der Waals surface area contributed by atoms with Crippen LogP contribution < -0.4 is 0 Å². The molecule has 0 unspecified atom stereocenters. The van der Waals surface area contributed by atoms with Gasteiger partial charge in [-0.2, -0.15) is 9.49 Å². The molecule has 2 aromatic rings. The summed E-state index contributed by atoms with van der Waals surface area (Å²) < 4.78 is 14.4. The number of phenolic OH excluding ortho intramolecular Hbond substituents is 1. The second kappa shape index (κ2) is 3.53. The van der Waals surface area contributed by atoms with Crippen LogP contribution in [0.25, 0.3) is 5.69 Å². The number of carbonyl (C=O) groups is 1. The summed E-state index contributed by atoms with van der Waals surface area (Å²) >= 11 is 0. The summed E-state index contributed by atoms with van der Waals surface area (Å²) in [7, 11) is 0. The van der Waals surface area contributed by atoms with Crippen molar-refractivity contribution in [2.45, 2.75) is 0 Å². The quantitative estimate of drug-likeness (QED) is 0.758. The highest BCUT2D eigenvalue weighted by Gasteiger charge is 2.10. The Bertz CT molecular complexity index is 508. The molecular formula is C10H7FN2O2. The first-order valence-electron chi connectivity index (χ1n) is 4.20. The molecule has 76 valence electrons. The zero-order valence-electron chi connectivity index (χ0n) is 7.59. The van der Waals surface area contributed by atoms with Crippen molar-refractivity contribution in [1.82, 2.24) is 9.78 Å². The lowest BCUT2D eigenvalue weighted by Crippen LogP contribution is -1.99. The molecule has 5 heteroatoms. The molecule has 0 aliphatic carbocycles. The summed E-state index contributed by atoms with van der Waals surface area (Å²) in [6.45, 7) is 0. The average Bonchev–Trinajstić information content (AvgIpc) is 2.59. The van der Waals surface area contributed by atoms with E-state index in [1.54, 1.807) is 12.1 Å². The maximum atomic E-state index is 13.4. The van der Waals surface area contributed by atoms with Gasteiger partial charge >= 0.3 is 0 Å². The minimum Gasteiger partial charge on any atom is -0.508 e. The van der Waals surface area contributed by atoms with E-state index in [1.165, 1.54) is 12.1 Å². The largest absolute Gasteiger partial charge is 0.508 e. The molecule has 1 aromatic carbocycles. The predicted molar refractivity (Wildman–Crippen MR) is 50.6 cm³/mol. The van der Waals surface area contributed by atoms with E-state index in [0.29, 0.717) is 12.0 Å². The number of aromatic hydroxyl groups is 1. The smallest absolute Gasteiger partial charge is 0.226 e. The Morgan fingerprint density at radius 3 is 2.87 bits per heavy atom. The van der Waals surface area contributed by atoms with Crippen LogP contribution in [0, 0.1) is 5.95 Å². The fourth-order valence-corrected chi connectivity index (χ4v) is 1.23. The summed E-state index contributed by atoms with van der Waals surface area (Å²) in [5.74, 6) is -0.731. The molecule has 0 spiro atoms. The van der Waals surface area contributed by atoms with Crippen LogP contribution in [0.4, 0.5) is 4.39 Å². The van der Waals surface area contributed by atoms with E-state index < -0.39 is 5.95 Å². The first kappa shape index (κ1) is 9.39. The molecule has 15 heavy (non-hydrogen) atoms. The highest BCUT2D eigenvalue weighted by Crippen LogP contribution is 2.16. The minimum absolute atomic E-state index is 0.00931. The fourth-order valence-electron chi connectivity index (χ4n) is 1.23. The maximum Gasteiger partial charge on any atom is 0.226 e. The Balaban J connectivity index is 2.54. The van der Waals surface area contributed by atoms with Crippen molar-refractivity contribution in [3.05, 3.63) is 42.0 Å². The number of phenols is 1. The molecule has 1 N–H and O–H groups in total. The standard InChI is InChI=1S/C10H7FN2O2/c11-10-7(6-14)5-12-13(10)8-2-1-3-9(15)4-8/h1-6,15H. The topological polar surface area (TPSA) is 55.1 Å².